The second-order valence-electron chi connectivity index (χ2n) is 4.79. The maximum atomic E-state index is 10.7. The molecular formula is C13H17Cl2NO. The van der Waals surface area contributed by atoms with E-state index >= 15 is 0 Å². The smallest absolute Gasteiger partial charge is 0.0923 e. The number of benzene rings is 1. The number of aliphatic hydroxyl groups is 1. The van der Waals surface area contributed by atoms with Gasteiger partial charge in [-0.3, -0.25) is 0 Å². The van der Waals surface area contributed by atoms with E-state index in [4.69, 9.17) is 23.2 Å². The van der Waals surface area contributed by atoms with E-state index in [0.717, 1.165) is 31.5 Å². The van der Waals surface area contributed by atoms with Gasteiger partial charge in [-0.05, 0) is 32.4 Å². The third-order valence-electron chi connectivity index (χ3n) is 3.59. The Morgan fingerprint density at radius 2 is 2.18 bits per heavy atom. The number of hydrogen-bond acceptors (Lipinski definition) is 2. The third-order valence-corrected chi connectivity index (χ3v) is 4.41. The largest absolute Gasteiger partial charge is 0.385 e. The van der Waals surface area contributed by atoms with Crippen LogP contribution in [0.15, 0.2) is 18.2 Å². The zero-order valence-electron chi connectivity index (χ0n) is 9.84. The van der Waals surface area contributed by atoms with Crippen LogP contribution in [-0.2, 0) is 5.60 Å². The zero-order valence-corrected chi connectivity index (χ0v) is 11.4. The highest BCUT2D eigenvalue weighted by Crippen LogP contribution is 2.39. The van der Waals surface area contributed by atoms with Crippen LogP contribution >= 0.6 is 23.2 Å². The summed E-state index contributed by atoms with van der Waals surface area (Å²) >= 11 is 12.2. The van der Waals surface area contributed by atoms with E-state index in [1.54, 1.807) is 6.07 Å². The Morgan fingerprint density at radius 3 is 2.82 bits per heavy atom. The van der Waals surface area contributed by atoms with Gasteiger partial charge in [-0.15, -0.1) is 0 Å². The fraction of sp³-hybridized carbons (Fsp3) is 0.538. The van der Waals surface area contributed by atoms with Gasteiger partial charge in [0.1, 0.15) is 0 Å². The van der Waals surface area contributed by atoms with Crippen LogP contribution in [0.5, 0.6) is 0 Å². The number of nitrogens with one attached hydrogen (secondary N) is 1. The van der Waals surface area contributed by atoms with Crippen LogP contribution in [0.3, 0.4) is 0 Å². The fourth-order valence-electron chi connectivity index (χ4n) is 2.45. The van der Waals surface area contributed by atoms with Crippen LogP contribution in [0.25, 0.3) is 0 Å². The Labute approximate surface area is 112 Å². The molecule has 17 heavy (non-hydrogen) atoms. The van der Waals surface area contributed by atoms with Crippen molar-refractivity contribution >= 4 is 23.2 Å². The average Bonchev–Trinajstić information content (AvgIpc) is 2.33. The topological polar surface area (TPSA) is 32.3 Å². The summed E-state index contributed by atoms with van der Waals surface area (Å²) in [7, 11) is 0. The molecule has 2 N–H and O–H groups in total. The van der Waals surface area contributed by atoms with Crippen molar-refractivity contribution in [2.24, 2.45) is 5.92 Å². The summed E-state index contributed by atoms with van der Waals surface area (Å²) in [5, 5.41) is 15.0. The molecule has 0 aromatic heterocycles. The van der Waals surface area contributed by atoms with E-state index in [0.29, 0.717) is 10.0 Å². The standard InChI is InChI=1S/C13H17Cl2NO/c1-13(17,9-4-3-7-16-8-9)10-5-2-6-11(14)12(10)15/h2,5-6,9,16-17H,3-4,7-8H2,1H3. The average molecular weight is 274 g/mol. The van der Waals surface area contributed by atoms with Gasteiger partial charge in [0, 0.05) is 18.0 Å². The van der Waals surface area contributed by atoms with Gasteiger partial charge in [-0.2, -0.15) is 0 Å². The molecule has 0 aliphatic carbocycles. The molecular weight excluding hydrogens is 257 g/mol. The molecule has 94 valence electrons. The monoisotopic (exact) mass is 273 g/mol. The van der Waals surface area contributed by atoms with Crippen LogP contribution in [0.2, 0.25) is 10.0 Å². The quantitative estimate of drug-likeness (QED) is 0.868. The SMILES string of the molecule is CC(O)(c1cccc(Cl)c1Cl)C1CCCNC1. The van der Waals surface area contributed by atoms with Crippen molar-refractivity contribution in [3.05, 3.63) is 33.8 Å². The molecule has 1 heterocycles. The lowest BCUT2D eigenvalue weighted by Gasteiger charge is -2.36. The van der Waals surface area contributed by atoms with E-state index < -0.39 is 5.60 Å². The van der Waals surface area contributed by atoms with Crippen molar-refractivity contribution in [1.82, 2.24) is 5.32 Å². The summed E-state index contributed by atoms with van der Waals surface area (Å²) in [6.45, 7) is 3.66. The van der Waals surface area contributed by atoms with Crippen LogP contribution in [0, 0.1) is 5.92 Å². The molecule has 1 saturated heterocycles. The van der Waals surface area contributed by atoms with Gasteiger partial charge in [-0.1, -0.05) is 35.3 Å². The van der Waals surface area contributed by atoms with Crippen molar-refractivity contribution in [3.63, 3.8) is 0 Å². The van der Waals surface area contributed by atoms with Crippen molar-refractivity contribution in [2.75, 3.05) is 13.1 Å². The molecule has 2 atom stereocenters. The predicted octanol–water partition coefficient (Wildman–Crippen LogP) is 3.20. The lowest BCUT2D eigenvalue weighted by Crippen LogP contribution is -2.42. The first-order valence-electron chi connectivity index (χ1n) is 5.91. The van der Waals surface area contributed by atoms with Crippen LogP contribution in [0.4, 0.5) is 0 Å². The van der Waals surface area contributed by atoms with Crippen LogP contribution in [0.1, 0.15) is 25.3 Å². The van der Waals surface area contributed by atoms with Gasteiger partial charge in [-0.25, -0.2) is 0 Å². The Kier molecular flexibility index (Phi) is 3.99. The molecule has 1 aliphatic heterocycles. The highest BCUT2D eigenvalue weighted by atomic mass is 35.5. The fourth-order valence-corrected chi connectivity index (χ4v) is 2.94. The summed E-state index contributed by atoms with van der Waals surface area (Å²) in [6, 6.07) is 5.42. The summed E-state index contributed by atoms with van der Waals surface area (Å²) in [6.07, 6.45) is 2.09. The lowest BCUT2D eigenvalue weighted by molar-refractivity contribution is -0.0155. The molecule has 2 nitrogen and oxygen atoms in total. The van der Waals surface area contributed by atoms with Crippen molar-refractivity contribution in [2.45, 2.75) is 25.4 Å². The molecule has 0 radical (unpaired) electrons. The Bertz CT molecular complexity index is 400. The van der Waals surface area contributed by atoms with Gasteiger partial charge in [0.2, 0.25) is 0 Å². The second-order valence-corrected chi connectivity index (χ2v) is 5.58. The normalized spacial score (nSPS) is 24.4. The number of rotatable bonds is 2. The van der Waals surface area contributed by atoms with E-state index in [2.05, 4.69) is 5.32 Å². The highest BCUT2D eigenvalue weighted by Gasteiger charge is 2.36. The molecule has 1 fully saturated rings. The number of hydrogen-bond donors (Lipinski definition) is 2. The van der Waals surface area contributed by atoms with E-state index in [9.17, 15) is 5.11 Å². The molecule has 0 bridgehead atoms. The zero-order chi connectivity index (χ0) is 12.5. The molecule has 0 saturated carbocycles. The Hall–Kier alpha value is -0.280. The van der Waals surface area contributed by atoms with Crippen LogP contribution < -0.4 is 5.32 Å². The molecule has 2 unspecified atom stereocenters. The predicted molar refractivity (Wildman–Crippen MR) is 71.6 cm³/mol. The molecule has 2 rings (SSSR count). The number of halogens is 2. The van der Waals surface area contributed by atoms with Crippen molar-refractivity contribution in [3.8, 4) is 0 Å². The number of piperidine rings is 1. The molecule has 0 spiro atoms. The first-order chi connectivity index (χ1) is 8.03. The van der Waals surface area contributed by atoms with Gasteiger partial charge >= 0.3 is 0 Å². The summed E-state index contributed by atoms with van der Waals surface area (Å²) in [5.74, 6) is 0.173. The molecule has 4 heteroatoms. The summed E-state index contributed by atoms with van der Waals surface area (Å²) in [4.78, 5) is 0. The van der Waals surface area contributed by atoms with E-state index in [-0.39, 0.29) is 5.92 Å². The first-order valence-corrected chi connectivity index (χ1v) is 6.66. The van der Waals surface area contributed by atoms with Crippen molar-refractivity contribution < 1.29 is 5.11 Å². The van der Waals surface area contributed by atoms with Gasteiger partial charge in [0.15, 0.2) is 0 Å². The minimum absolute atomic E-state index is 0.173. The minimum atomic E-state index is -0.935. The molecule has 0 amide bonds. The minimum Gasteiger partial charge on any atom is -0.385 e. The Morgan fingerprint density at radius 1 is 1.41 bits per heavy atom. The second kappa shape index (κ2) is 5.15. The highest BCUT2D eigenvalue weighted by molar-refractivity contribution is 6.42. The maximum Gasteiger partial charge on any atom is 0.0923 e. The first kappa shape index (κ1) is 13.2. The van der Waals surface area contributed by atoms with Gasteiger partial charge in [0.05, 0.1) is 15.6 Å². The summed E-state index contributed by atoms with van der Waals surface area (Å²) < 4.78 is 0. The van der Waals surface area contributed by atoms with Crippen LogP contribution in [-0.4, -0.2) is 18.2 Å². The van der Waals surface area contributed by atoms with E-state index in [1.807, 2.05) is 19.1 Å². The molecule has 1 aromatic carbocycles. The lowest BCUT2D eigenvalue weighted by atomic mass is 9.79. The van der Waals surface area contributed by atoms with Gasteiger partial charge in [0.25, 0.3) is 0 Å². The third kappa shape index (κ3) is 2.60. The van der Waals surface area contributed by atoms with Crippen molar-refractivity contribution in [1.29, 1.82) is 0 Å². The molecule has 1 aliphatic rings. The summed E-state index contributed by atoms with van der Waals surface area (Å²) in [5.41, 5.74) is -0.213. The Balaban J connectivity index is 2.32. The molecule has 1 aromatic rings. The van der Waals surface area contributed by atoms with E-state index in [1.165, 1.54) is 0 Å². The van der Waals surface area contributed by atoms with Gasteiger partial charge < -0.3 is 10.4 Å². The maximum absolute atomic E-state index is 10.7.